The number of benzene rings is 1. The van der Waals surface area contributed by atoms with E-state index >= 15 is 0 Å². The predicted octanol–water partition coefficient (Wildman–Crippen LogP) is 2.32. The van der Waals surface area contributed by atoms with Gasteiger partial charge in [-0.15, -0.1) is 6.58 Å². The average molecular weight is 201 g/mol. The van der Waals surface area contributed by atoms with E-state index in [4.69, 9.17) is 11.0 Å². The van der Waals surface area contributed by atoms with Crippen LogP contribution < -0.4 is 11.1 Å². The second-order valence-electron chi connectivity index (χ2n) is 3.42. The summed E-state index contributed by atoms with van der Waals surface area (Å²) in [5, 5.41) is 11.9. The van der Waals surface area contributed by atoms with Gasteiger partial charge in [-0.05, 0) is 30.7 Å². The number of anilines is 2. The first-order chi connectivity index (χ1) is 7.17. The number of nitrogens with two attached hydrogens (primary N) is 1. The summed E-state index contributed by atoms with van der Waals surface area (Å²) in [6.07, 6.45) is 2.16. The molecule has 15 heavy (non-hydrogen) atoms. The van der Waals surface area contributed by atoms with Gasteiger partial charge in [0, 0.05) is 17.4 Å². The molecule has 1 aromatic rings. The molecule has 0 saturated heterocycles. The summed E-state index contributed by atoms with van der Waals surface area (Å²) >= 11 is 0. The Bertz CT molecular complexity index is 390. The third kappa shape index (κ3) is 3.03. The molecule has 0 fully saturated rings. The Balaban J connectivity index is 2.88. The van der Waals surface area contributed by atoms with Crippen LogP contribution in [-0.4, -0.2) is 6.04 Å². The molecular formula is C12H15N3. The molecule has 3 heteroatoms. The van der Waals surface area contributed by atoms with Crippen molar-refractivity contribution in [2.75, 3.05) is 11.1 Å². The van der Waals surface area contributed by atoms with Gasteiger partial charge in [-0.2, -0.15) is 5.26 Å². The highest BCUT2D eigenvalue weighted by atomic mass is 14.9. The molecule has 3 nitrogen and oxygen atoms in total. The van der Waals surface area contributed by atoms with E-state index in [2.05, 4.69) is 18.0 Å². The molecule has 1 aromatic carbocycles. The zero-order chi connectivity index (χ0) is 11.3. The number of rotatable bonds is 4. The number of nitriles is 1. The normalized spacial score (nSPS) is 11.5. The highest BCUT2D eigenvalue weighted by molar-refractivity contribution is 5.58. The second-order valence-corrected chi connectivity index (χ2v) is 3.42. The van der Waals surface area contributed by atoms with Crippen molar-refractivity contribution in [1.82, 2.24) is 0 Å². The third-order valence-corrected chi connectivity index (χ3v) is 2.16. The minimum Gasteiger partial charge on any atom is -0.398 e. The zero-order valence-corrected chi connectivity index (χ0v) is 8.83. The van der Waals surface area contributed by atoms with Gasteiger partial charge in [-0.25, -0.2) is 0 Å². The summed E-state index contributed by atoms with van der Waals surface area (Å²) in [4.78, 5) is 0. The van der Waals surface area contributed by atoms with Crippen molar-refractivity contribution in [2.45, 2.75) is 19.4 Å². The molecule has 0 aliphatic carbocycles. The average Bonchev–Trinajstić information content (AvgIpc) is 2.23. The second kappa shape index (κ2) is 5.06. The fraction of sp³-hybridized carbons (Fsp3) is 0.250. The van der Waals surface area contributed by atoms with E-state index < -0.39 is 0 Å². The lowest BCUT2D eigenvalue weighted by molar-refractivity contribution is 1.00. The van der Waals surface area contributed by atoms with Crippen LogP contribution in [0.25, 0.3) is 0 Å². The van der Waals surface area contributed by atoms with Crippen molar-refractivity contribution in [2.24, 2.45) is 0 Å². The lowest BCUT2D eigenvalue weighted by Gasteiger charge is -2.12. The van der Waals surface area contributed by atoms with Crippen LogP contribution in [0.4, 0.5) is 11.4 Å². The van der Waals surface area contributed by atoms with Gasteiger partial charge in [0.05, 0.1) is 12.5 Å². The molecule has 0 aromatic heterocycles. The molecule has 0 amide bonds. The van der Waals surface area contributed by atoms with Gasteiger partial charge in [0.15, 0.2) is 0 Å². The molecule has 1 atom stereocenters. The largest absolute Gasteiger partial charge is 0.398 e. The van der Waals surface area contributed by atoms with Crippen LogP contribution in [0.3, 0.4) is 0 Å². The van der Waals surface area contributed by atoms with E-state index in [1.807, 2.05) is 31.2 Å². The molecule has 0 aliphatic heterocycles. The molecule has 0 aliphatic rings. The van der Waals surface area contributed by atoms with Crippen LogP contribution in [0.1, 0.15) is 12.5 Å². The summed E-state index contributed by atoms with van der Waals surface area (Å²) in [6.45, 7) is 5.70. The Kier molecular flexibility index (Phi) is 3.75. The number of hydrogen-bond donors (Lipinski definition) is 2. The number of nitrogen functional groups attached to an aromatic ring is 1. The molecule has 1 unspecified atom stereocenters. The minimum absolute atomic E-state index is 0.198. The number of nitrogens with one attached hydrogen (secondary N) is 1. The fourth-order valence-electron chi connectivity index (χ4n) is 1.26. The van der Waals surface area contributed by atoms with E-state index in [1.54, 1.807) is 0 Å². The van der Waals surface area contributed by atoms with E-state index in [-0.39, 0.29) is 6.04 Å². The van der Waals surface area contributed by atoms with E-state index in [9.17, 15) is 0 Å². The first-order valence-corrected chi connectivity index (χ1v) is 4.82. The predicted molar refractivity (Wildman–Crippen MR) is 63.5 cm³/mol. The first kappa shape index (κ1) is 11.1. The molecule has 0 radical (unpaired) electrons. The Labute approximate surface area is 90.2 Å². The van der Waals surface area contributed by atoms with Crippen LogP contribution in [0.2, 0.25) is 0 Å². The van der Waals surface area contributed by atoms with Crippen LogP contribution in [0.5, 0.6) is 0 Å². The highest BCUT2D eigenvalue weighted by Crippen LogP contribution is 2.18. The molecule has 78 valence electrons. The summed E-state index contributed by atoms with van der Waals surface area (Å²) in [6, 6.07) is 7.90. The third-order valence-electron chi connectivity index (χ3n) is 2.16. The molecule has 0 heterocycles. The van der Waals surface area contributed by atoms with E-state index in [1.165, 1.54) is 0 Å². The van der Waals surface area contributed by atoms with Gasteiger partial charge in [-0.1, -0.05) is 6.08 Å². The zero-order valence-electron chi connectivity index (χ0n) is 8.83. The molecule has 1 rings (SSSR count). The smallest absolute Gasteiger partial charge is 0.0670 e. The quantitative estimate of drug-likeness (QED) is 0.580. The highest BCUT2D eigenvalue weighted by Gasteiger charge is 2.02. The SMILES string of the molecule is C=CC(C)Nc1ccc(N)c(CC#N)c1. The van der Waals surface area contributed by atoms with Crippen LogP contribution in [0, 0.1) is 11.3 Å². The van der Waals surface area contributed by atoms with Gasteiger partial charge in [0.25, 0.3) is 0 Å². The fourth-order valence-corrected chi connectivity index (χ4v) is 1.26. The monoisotopic (exact) mass is 201 g/mol. The van der Waals surface area contributed by atoms with Gasteiger partial charge in [-0.3, -0.25) is 0 Å². The van der Waals surface area contributed by atoms with E-state index in [0.29, 0.717) is 12.1 Å². The van der Waals surface area contributed by atoms with Crippen LogP contribution >= 0.6 is 0 Å². The molecule has 0 saturated carbocycles. The van der Waals surface area contributed by atoms with E-state index in [0.717, 1.165) is 11.3 Å². The Morgan fingerprint density at radius 1 is 1.67 bits per heavy atom. The van der Waals surface area contributed by atoms with Crippen molar-refractivity contribution < 1.29 is 0 Å². The maximum absolute atomic E-state index is 8.62. The lowest BCUT2D eigenvalue weighted by atomic mass is 10.1. The van der Waals surface area contributed by atoms with Crippen molar-refractivity contribution in [3.63, 3.8) is 0 Å². The number of hydrogen-bond acceptors (Lipinski definition) is 3. The van der Waals surface area contributed by atoms with Gasteiger partial charge < -0.3 is 11.1 Å². The van der Waals surface area contributed by atoms with Crippen molar-refractivity contribution in [1.29, 1.82) is 5.26 Å². The standard InChI is InChI=1S/C12H15N3/c1-3-9(2)15-11-4-5-12(14)10(8-11)6-7-13/h3-5,8-9,15H,1,6,14H2,2H3. The molecule has 0 bridgehead atoms. The van der Waals surface area contributed by atoms with Crippen LogP contribution in [-0.2, 0) is 6.42 Å². The number of nitrogens with zero attached hydrogens (tertiary/aromatic N) is 1. The van der Waals surface area contributed by atoms with Crippen molar-refractivity contribution >= 4 is 11.4 Å². The Morgan fingerprint density at radius 2 is 2.40 bits per heavy atom. The van der Waals surface area contributed by atoms with Crippen molar-refractivity contribution in [3.05, 3.63) is 36.4 Å². The Hall–Kier alpha value is -1.95. The summed E-state index contributed by atoms with van der Waals surface area (Å²) in [5.74, 6) is 0. The maximum atomic E-state index is 8.62. The summed E-state index contributed by atoms with van der Waals surface area (Å²) in [7, 11) is 0. The van der Waals surface area contributed by atoms with Gasteiger partial charge in [0.2, 0.25) is 0 Å². The summed E-state index contributed by atoms with van der Waals surface area (Å²) in [5.41, 5.74) is 8.22. The first-order valence-electron chi connectivity index (χ1n) is 4.82. The minimum atomic E-state index is 0.198. The topological polar surface area (TPSA) is 61.8 Å². The lowest BCUT2D eigenvalue weighted by Crippen LogP contribution is -2.11. The van der Waals surface area contributed by atoms with Crippen molar-refractivity contribution in [3.8, 4) is 6.07 Å². The van der Waals surface area contributed by atoms with Crippen LogP contribution in [0.15, 0.2) is 30.9 Å². The van der Waals surface area contributed by atoms with Gasteiger partial charge >= 0.3 is 0 Å². The molecular weight excluding hydrogens is 186 g/mol. The molecule has 3 N–H and O–H groups in total. The summed E-state index contributed by atoms with van der Waals surface area (Å²) < 4.78 is 0. The van der Waals surface area contributed by atoms with Gasteiger partial charge in [0.1, 0.15) is 0 Å². The molecule has 0 spiro atoms. The Morgan fingerprint density at radius 3 is 3.00 bits per heavy atom. The maximum Gasteiger partial charge on any atom is 0.0670 e.